The summed E-state index contributed by atoms with van der Waals surface area (Å²) >= 11 is 0. The van der Waals surface area contributed by atoms with E-state index in [0.29, 0.717) is 18.5 Å². The molecule has 0 bridgehead atoms. The van der Waals surface area contributed by atoms with E-state index in [0.717, 1.165) is 43.7 Å². The second kappa shape index (κ2) is 8.46. The minimum atomic E-state index is -0.259. The number of aromatic nitrogens is 1. The van der Waals surface area contributed by atoms with E-state index in [1.165, 1.54) is 17.7 Å². The van der Waals surface area contributed by atoms with E-state index in [4.69, 9.17) is 4.42 Å². The van der Waals surface area contributed by atoms with Crippen molar-refractivity contribution >= 4 is 0 Å². The lowest BCUT2D eigenvalue weighted by Crippen LogP contribution is -2.41. The van der Waals surface area contributed by atoms with Crippen LogP contribution >= 0.6 is 0 Å². The predicted molar refractivity (Wildman–Crippen MR) is 103 cm³/mol. The highest BCUT2D eigenvalue weighted by molar-refractivity contribution is 5.52. The molecule has 0 unspecified atom stereocenters. The summed E-state index contributed by atoms with van der Waals surface area (Å²) in [6.07, 6.45) is 3.95. The van der Waals surface area contributed by atoms with E-state index in [2.05, 4.69) is 45.5 Å². The summed E-state index contributed by atoms with van der Waals surface area (Å²) in [5, 5.41) is 3.59. The van der Waals surface area contributed by atoms with Crippen LogP contribution in [0.15, 0.2) is 65.3 Å². The maximum absolute atomic E-state index is 13.0. The molecule has 1 aliphatic heterocycles. The third-order valence-corrected chi connectivity index (χ3v) is 5.05. The molecular weight excluding hydrogens is 341 g/mol. The first-order valence-corrected chi connectivity index (χ1v) is 9.46. The van der Waals surface area contributed by atoms with Crippen molar-refractivity contribution in [3.63, 3.8) is 0 Å². The summed E-state index contributed by atoms with van der Waals surface area (Å²) in [6, 6.07) is 17.3. The van der Waals surface area contributed by atoms with Crippen molar-refractivity contribution in [1.29, 1.82) is 0 Å². The van der Waals surface area contributed by atoms with Crippen LogP contribution < -0.4 is 5.32 Å². The first kappa shape index (κ1) is 17.9. The Balaban J connectivity index is 1.24. The van der Waals surface area contributed by atoms with Gasteiger partial charge in [0, 0.05) is 24.7 Å². The largest absolute Gasteiger partial charge is 0.444 e. The lowest BCUT2D eigenvalue weighted by molar-refractivity contribution is 0.190. The molecule has 0 atom stereocenters. The molecule has 140 valence electrons. The molecule has 2 heterocycles. The maximum atomic E-state index is 13.0. The number of hydrogen-bond acceptors (Lipinski definition) is 4. The fourth-order valence-electron chi connectivity index (χ4n) is 3.50. The van der Waals surface area contributed by atoms with E-state index < -0.39 is 0 Å². The Kier molecular flexibility index (Phi) is 5.61. The van der Waals surface area contributed by atoms with Gasteiger partial charge in [-0.25, -0.2) is 9.37 Å². The zero-order valence-corrected chi connectivity index (χ0v) is 15.3. The first-order chi connectivity index (χ1) is 13.3. The average molecular weight is 365 g/mol. The smallest absolute Gasteiger partial charge is 0.226 e. The molecule has 27 heavy (non-hydrogen) atoms. The van der Waals surface area contributed by atoms with Gasteiger partial charge in [-0.15, -0.1) is 0 Å². The van der Waals surface area contributed by atoms with Crippen LogP contribution in [0.2, 0.25) is 0 Å². The van der Waals surface area contributed by atoms with Crippen LogP contribution in [-0.2, 0) is 13.1 Å². The molecule has 1 saturated heterocycles. The average Bonchev–Trinajstić information content (AvgIpc) is 3.18. The highest BCUT2D eigenvalue weighted by Crippen LogP contribution is 2.19. The normalized spacial score (nSPS) is 15.9. The molecule has 1 N–H and O–H groups in total. The first-order valence-electron chi connectivity index (χ1n) is 9.46. The molecule has 2 aromatic carbocycles. The van der Waals surface area contributed by atoms with Gasteiger partial charge in [0.25, 0.3) is 0 Å². The van der Waals surface area contributed by atoms with Gasteiger partial charge in [-0.3, -0.25) is 4.90 Å². The van der Waals surface area contributed by atoms with Crippen LogP contribution in [0.1, 0.15) is 24.1 Å². The highest BCUT2D eigenvalue weighted by Gasteiger charge is 2.19. The van der Waals surface area contributed by atoms with Gasteiger partial charge < -0.3 is 9.73 Å². The van der Waals surface area contributed by atoms with Crippen molar-refractivity contribution in [3.05, 3.63) is 77.9 Å². The maximum Gasteiger partial charge on any atom is 0.226 e. The highest BCUT2D eigenvalue weighted by atomic mass is 19.1. The Bertz CT molecular complexity index is 840. The van der Waals surface area contributed by atoms with E-state index in [1.54, 1.807) is 18.4 Å². The number of piperidine rings is 1. The van der Waals surface area contributed by atoms with Crippen LogP contribution in [0.4, 0.5) is 4.39 Å². The molecule has 5 heteroatoms. The Morgan fingerprint density at radius 2 is 1.78 bits per heavy atom. The number of nitrogens with zero attached hydrogens (tertiary/aromatic N) is 2. The number of benzene rings is 2. The molecule has 1 aromatic heterocycles. The van der Waals surface area contributed by atoms with Crippen LogP contribution in [0, 0.1) is 5.82 Å². The molecule has 0 amide bonds. The summed E-state index contributed by atoms with van der Waals surface area (Å²) in [6.45, 7) is 3.92. The fourth-order valence-corrected chi connectivity index (χ4v) is 3.50. The quantitative estimate of drug-likeness (QED) is 0.710. The van der Waals surface area contributed by atoms with E-state index >= 15 is 0 Å². The van der Waals surface area contributed by atoms with Crippen molar-refractivity contribution in [2.24, 2.45) is 0 Å². The number of halogens is 1. The van der Waals surface area contributed by atoms with Crippen LogP contribution in [0.25, 0.3) is 11.5 Å². The Morgan fingerprint density at radius 1 is 1.04 bits per heavy atom. The molecule has 0 saturated carbocycles. The van der Waals surface area contributed by atoms with E-state index in [1.807, 2.05) is 0 Å². The standard InChI is InChI=1S/C22H24FN3O/c23-19-8-6-18(7-9-19)22-25-21(16-27-22)14-24-20-10-12-26(13-11-20)15-17-4-2-1-3-5-17/h1-9,16,20,24H,10-15H2. The molecule has 1 aliphatic rings. The molecule has 0 radical (unpaired) electrons. The predicted octanol–water partition coefficient (Wildman–Crippen LogP) is 4.23. The monoisotopic (exact) mass is 365 g/mol. The third kappa shape index (κ3) is 4.81. The second-order valence-corrected chi connectivity index (χ2v) is 7.07. The topological polar surface area (TPSA) is 41.3 Å². The summed E-state index contributed by atoms with van der Waals surface area (Å²) in [5.41, 5.74) is 3.04. The van der Waals surface area contributed by atoms with Crippen molar-refractivity contribution in [2.45, 2.75) is 32.0 Å². The number of nitrogens with one attached hydrogen (secondary N) is 1. The number of rotatable bonds is 6. The molecule has 0 aliphatic carbocycles. The number of likely N-dealkylation sites (tertiary alicyclic amines) is 1. The van der Waals surface area contributed by atoms with Gasteiger partial charge in [0.05, 0.1) is 5.69 Å². The minimum Gasteiger partial charge on any atom is -0.444 e. The van der Waals surface area contributed by atoms with Gasteiger partial charge in [-0.2, -0.15) is 0 Å². The Morgan fingerprint density at radius 3 is 2.52 bits per heavy atom. The fraction of sp³-hybridized carbons (Fsp3) is 0.318. The Labute approximate surface area is 159 Å². The van der Waals surface area contributed by atoms with Crippen LogP contribution in [0.5, 0.6) is 0 Å². The minimum absolute atomic E-state index is 0.259. The van der Waals surface area contributed by atoms with Crippen molar-refractivity contribution < 1.29 is 8.81 Å². The molecule has 3 aromatic rings. The van der Waals surface area contributed by atoms with E-state index in [-0.39, 0.29) is 5.82 Å². The second-order valence-electron chi connectivity index (χ2n) is 7.07. The lowest BCUT2D eigenvalue weighted by atomic mass is 10.0. The number of hydrogen-bond donors (Lipinski definition) is 1. The molecular formula is C22H24FN3O. The van der Waals surface area contributed by atoms with Gasteiger partial charge in [0.1, 0.15) is 12.1 Å². The van der Waals surface area contributed by atoms with Gasteiger partial charge in [-0.1, -0.05) is 30.3 Å². The van der Waals surface area contributed by atoms with Crippen LogP contribution in [-0.4, -0.2) is 29.0 Å². The summed E-state index contributed by atoms with van der Waals surface area (Å²) in [7, 11) is 0. The van der Waals surface area contributed by atoms with Crippen molar-refractivity contribution in [3.8, 4) is 11.5 Å². The third-order valence-electron chi connectivity index (χ3n) is 5.05. The van der Waals surface area contributed by atoms with E-state index in [9.17, 15) is 4.39 Å². The lowest BCUT2D eigenvalue weighted by Gasteiger charge is -2.32. The van der Waals surface area contributed by atoms with Gasteiger partial charge in [-0.05, 0) is 55.8 Å². The molecule has 4 rings (SSSR count). The SMILES string of the molecule is Fc1ccc(-c2nc(CNC3CCN(Cc4ccccc4)CC3)co2)cc1. The van der Waals surface area contributed by atoms with Crippen molar-refractivity contribution in [2.75, 3.05) is 13.1 Å². The van der Waals surface area contributed by atoms with Gasteiger partial charge in [0.2, 0.25) is 5.89 Å². The molecule has 4 nitrogen and oxygen atoms in total. The van der Waals surface area contributed by atoms with Gasteiger partial charge >= 0.3 is 0 Å². The summed E-state index contributed by atoms with van der Waals surface area (Å²) < 4.78 is 18.6. The Hall–Kier alpha value is -2.50. The molecule has 0 spiro atoms. The summed E-state index contributed by atoms with van der Waals surface area (Å²) in [5.74, 6) is 0.273. The zero-order valence-electron chi connectivity index (χ0n) is 15.3. The van der Waals surface area contributed by atoms with Crippen molar-refractivity contribution in [1.82, 2.24) is 15.2 Å². The zero-order chi connectivity index (χ0) is 18.5. The van der Waals surface area contributed by atoms with Gasteiger partial charge in [0.15, 0.2) is 0 Å². The molecule has 1 fully saturated rings. The van der Waals surface area contributed by atoms with Crippen LogP contribution in [0.3, 0.4) is 0 Å². The summed E-state index contributed by atoms with van der Waals surface area (Å²) in [4.78, 5) is 7.01. The number of oxazole rings is 1.